The number of hydrogen-bond donors (Lipinski definition) is 1. The quantitative estimate of drug-likeness (QED) is 0.308. The van der Waals surface area contributed by atoms with Crippen molar-refractivity contribution in [3.63, 3.8) is 0 Å². The number of nitrogens with one attached hydrogen (secondary N) is 1. The van der Waals surface area contributed by atoms with Gasteiger partial charge in [-0.1, -0.05) is 62.0 Å². The molecule has 2 aromatic carbocycles. The maximum absolute atomic E-state index is 12.9. The number of fused-ring (bicyclic) bond motifs is 1. The number of allylic oxidation sites excluding steroid dienone is 1. The van der Waals surface area contributed by atoms with Gasteiger partial charge in [0.2, 0.25) is 5.91 Å². The van der Waals surface area contributed by atoms with E-state index in [0.717, 1.165) is 17.7 Å². The molecule has 0 saturated heterocycles. The van der Waals surface area contributed by atoms with Gasteiger partial charge in [0.15, 0.2) is 5.16 Å². The van der Waals surface area contributed by atoms with Gasteiger partial charge in [-0.25, -0.2) is 4.98 Å². The van der Waals surface area contributed by atoms with Gasteiger partial charge < -0.3 is 5.32 Å². The SMILES string of the molecule is C=CCn1c(SC(C)C(=O)Nc2ccccc2C(C)CC)nc2ccccc2c1=O. The lowest BCUT2D eigenvalue weighted by atomic mass is 9.97. The maximum Gasteiger partial charge on any atom is 0.262 e. The number of rotatable bonds is 8. The molecule has 1 amide bonds. The second-order valence-electron chi connectivity index (χ2n) is 7.26. The number of hydrogen-bond acceptors (Lipinski definition) is 4. The molecule has 0 aliphatic rings. The van der Waals surface area contributed by atoms with Crippen LogP contribution in [0.3, 0.4) is 0 Å². The van der Waals surface area contributed by atoms with Crippen LogP contribution in [0.1, 0.15) is 38.7 Å². The Bertz CT molecular complexity index is 1120. The molecule has 156 valence electrons. The van der Waals surface area contributed by atoms with Crippen LogP contribution in [0.15, 0.2) is 71.1 Å². The fourth-order valence-electron chi connectivity index (χ4n) is 3.23. The Kier molecular flexibility index (Phi) is 7.11. The highest BCUT2D eigenvalue weighted by atomic mass is 32.2. The van der Waals surface area contributed by atoms with Gasteiger partial charge in [0.1, 0.15) is 0 Å². The summed E-state index contributed by atoms with van der Waals surface area (Å²) in [4.78, 5) is 30.5. The molecule has 0 aliphatic carbocycles. The van der Waals surface area contributed by atoms with Crippen LogP contribution in [-0.2, 0) is 11.3 Å². The third kappa shape index (κ3) is 4.65. The normalized spacial score (nSPS) is 13.0. The summed E-state index contributed by atoms with van der Waals surface area (Å²) in [5.74, 6) is 0.229. The molecule has 30 heavy (non-hydrogen) atoms. The highest BCUT2D eigenvalue weighted by molar-refractivity contribution is 8.00. The number of aromatic nitrogens is 2. The monoisotopic (exact) mass is 421 g/mol. The zero-order valence-electron chi connectivity index (χ0n) is 17.6. The molecule has 3 rings (SSSR count). The predicted molar refractivity (Wildman–Crippen MR) is 125 cm³/mol. The average Bonchev–Trinajstić information content (AvgIpc) is 2.76. The van der Waals surface area contributed by atoms with Crippen molar-refractivity contribution in [1.29, 1.82) is 0 Å². The Morgan fingerprint density at radius 2 is 1.90 bits per heavy atom. The van der Waals surface area contributed by atoms with Gasteiger partial charge in [-0.3, -0.25) is 14.2 Å². The summed E-state index contributed by atoms with van der Waals surface area (Å²) in [5.41, 5.74) is 2.45. The first-order chi connectivity index (χ1) is 14.5. The molecule has 5 nitrogen and oxygen atoms in total. The van der Waals surface area contributed by atoms with Gasteiger partial charge in [0.05, 0.1) is 16.2 Å². The molecule has 0 radical (unpaired) electrons. The zero-order valence-corrected chi connectivity index (χ0v) is 18.4. The van der Waals surface area contributed by atoms with Gasteiger partial charge in [0, 0.05) is 12.2 Å². The fourth-order valence-corrected chi connectivity index (χ4v) is 4.15. The van der Waals surface area contributed by atoms with Crippen LogP contribution in [-0.4, -0.2) is 20.7 Å². The van der Waals surface area contributed by atoms with Crippen molar-refractivity contribution in [3.8, 4) is 0 Å². The third-order valence-electron chi connectivity index (χ3n) is 5.15. The molecule has 6 heteroatoms. The molecular weight excluding hydrogens is 394 g/mol. The van der Waals surface area contributed by atoms with Gasteiger partial charge in [-0.15, -0.1) is 6.58 Å². The van der Waals surface area contributed by atoms with Gasteiger partial charge in [-0.05, 0) is 43.0 Å². The van der Waals surface area contributed by atoms with E-state index in [1.54, 1.807) is 16.7 Å². The molecule has 0 fully saturated rings. The summed E-state index contributed by atoms with van der Waals surface area (Å²) in [6.07, 6.45) is 2.65. The molecule has 2 atom stereocenters. The van der Waals surface area contributed by atoms with E-state index >= 15 is 0 Å². The highest BCUT2D eigenvalue weighted by Crippen LogP contribution is 2.28. The molecule has 0 bridgehead atoms. The number of amides is 1. The lowest BCUT2D eigenvalue weighted by molar-refractivity contribution is -0.115. The lowest BCUT2D eigenvalue weighted by Crippen LogP contribution is -2.27. The molecule has 3 aromatic rings. The van der Waals surface area contributed by atoms with Crippen molar-refractivity contribution in [2.75, 3.05) is 5.32 Å². The summed E-state index contributed by atoms with van der Waals surface area (Å²) in [6, 6.07) is 15.1. The first kappa shape index (κ1) is 21.8. The van der Waals surface area contributed by atoms with Crippen LogP contribution in [0.5, 0.6) is 0 Å². The first-order valence-electron chi connectivity index (χ1n) is 10.1. The number of thioether (sulfide) groups is 1. The third-order valence-corrected chi connectivity index (χ3v) is 6.24. The van der Waals surface area contributed by atoms with Crippen LogP contribution in [0, 0.1) is 0 Å². The van der Waals surface area contributed by atoms with Gasteiger partial charge >= 0.3 is 0 Å². The molecule has 0 saturated carbocycles. The molecule has 1 aromatic heterocycles. The number of nitrogens with zero attached hydrogens (tertiary/aromatic N) is 2. The van der Waals surface area contributed by atoms with Crippen molar-refractivity contribution in [1.82, 2.24) is 9.55 Å². The van der Waals surface area contributed by atoms with Crippen molar-refractivity contribution < 1.29 is 4.79 Å². The van der Waals surface area contributed by atoms with E-state index in [1.165, 1.54) is 11.8 Å². The van der Waals surface area contributed by atoms with Crippen LogP contribution < -0.4 is 10.9 Å². The van der Waals surface area contributed by atoms with E-state index in [4.69, 9.17) is 0 Å². The first-order valence-corrected chi connectivity index (χ1v) is 11.0. The van der Waals surface area contributed by atoms with Crippen LogP contribution >= 0.6 is 11.8 Å². The topological polar surface area (TPSA) is 64.0 Å². The number of benzene rings is 2. The van der Waals surface area contributed by atoms with Crippen LogP contribution in [0.25, 0.3) is 10.9 Å². The van der Waals surface area contributed by atoms with E-state index in [0.29, 0.717) is 28.5 Å². The Hall–Kier alpha value is -2.86. The minimum absolute atomic E-state index is 0.122. The second-order valence-corrected chi connectivity index (χ2v) is 8.57. The standard InChI is InChI=1S/C24H27N3O2S/c1-5-15-27-23(29)19-12-8-10-14-21(19)26-24(27)30-17(4)22(28)25-20-13-9-7-11-18(20)16(3)6-2/h5,7-14,16-17H,1,6,15H2,2-4H3,(H,25,28). The number of anilines is 1. The predicted octanol–water partition coefficient (Wildman–Crippen LogP) is 5.22. The Morgan fingerprint density at radius 1 is 1.20 bits per heavy atom. The molecule has 0 spiro atoms. The smallest absolute Gasteiger partial charge is 0.262 e. The molecule has 1 N–H and O–H groups in total. The van der Waals surface area contributed by atoms with E-state index in [1.807, 2.05) is 49.4 Å². The largest absolute Gasteiger partial charge is 0.325 e. The van der Waals surface area contributed by atoms with Gasteiger partial charge in [0.25, 0.3) is 5.56 Å². The molecule has 2 unspecified atom stereocenters. The van der Waals surface area contributed by atoms with Crippen molar-refractivity contribution >= 4 is 34.3 Å². The molecule has 1 heterocycles. The van der Waals surface area contributed by atoms with Gasteiger partial charge in [-0.2, -0.15) is 0 Å². The van der Waals surface area contributed by atoms with Crippen molar-refractivity contribution in [2.45, 2.75) is 50.1 Å². The van der Waals surface area contributed by atoms with Crippen LogP contribution in [0.2, 0.25) is 0 Å². The average molecular weight is 422 g/mol. The van der Waals surface area contributed by atoms with E-state index in [-0.39, 0.29) is 11.5 Å². The number of carbonyl (C=O) groups is 1. The lowest BCUT2D eigenvalue weighted by Gasteiger charge is -2.18. The van der Waals surface area contributed by atoms with E-state index in [2.05, 4.69) is 30.7 Å². The summed E-state index contributed by atoms with van der Waals surface area (Å²) in [6.45, 7) is 10.2. The Balaban J connectivity index is 1.87. The maximum atomic E-state index is 12.9. The summed E-state index contributed by atoms with van der Waals surface area (Å²) in [7, 11) is 0. The Labute approximate surface area is 181 Å². The zero-order chi connectivity index (χ0) is 21.7. The summed E-state index contributed by atoms with van der Waals surface area (Å²) >= 11 is 1.28. The van der Waals surface area contributed by atoms with E-state index < -0.39 is 5.25 Å². The minimum Gasteiger partial charge on any atom is -0.325 e. The molecular formula is C24H27N3O2S. The van der Waals surface area contributed by atoms with Crippen LogP contribution in [0.4, 0.5) is 5.69 Å². The second kappa shape index (κ2) is 9.76. The number of para-hydroxylation sites is 2. The van der Waals surface area contributed by atoms with Crippen molar-refractivity contribution in [2.24, 2.45) is 0 Å². The summed E-state index contributed by atoms with van der Waals surface area (Å²) in [5, 5.41) is 3.69. The Morgan fingerprint density at radius 3 is 2.63 bits per heavy atom. The highest BCUT2D eigenvalue weighted by Gasteiger charge is 2.20. The summed E-state index contributed by atoms with van der Waals surface area (Å²) < 4.78 is 1.57. The van der Waals surface area contributed by atoms with Crippen molar-refractivity contribution in [3.05, 3.63) is 77.1 Å². The van der Waals surface area contributed by atoms with E-state index in [9.17, 15) is 9.59 Å². The minimum atomic E-state index is -0.431. The fraction of sp³-hybridized carbons (Fsp3) is 0.292. The molecule has 0 aliphatic heterocycles. The number of carbonyl (C=O) groups excluding carboxylic acids is 1.